The molecule has 0 amide bonds. The van der Waals surface area contributed by atoms with Gasteiger partial charge < -0.3 is 10.5 Å². The molecule has 2 aromatic rings. The predicted molar refractivity (Wildman–Crippen MR) is 85.1 cm³/mol. The van der Waals surface area contributed by atoms with Gasteiger partial charge in [0.15, 0.2) is 0 Å². The summed E-state index contributed by atoms with van der Waals surface area (Å²) >= 11 is 8.36. The summed E-state index contributed by atoms with van der Waals surface area (Å²) in [6.07, 6.45) is 0. The molecule has 0 saturated carbocycles. The Hall–Kier alpha value is -0.620. The molecule has 0 bridgehead atoms. The van der Waals surface area contributed by atoms with E-state index in [1.165, 1.54) is 11.1 Å². The van der Waals surface area contributed by atoms with Gasteiger partial charge in [-0.3, -0.25) is 0 Å². The van der Waals surface area contributed by atoms with Gasteiger partial charge in [-0.05, 0) is 63.0 Å². The Labute approximate surface area is 131 Å². The van der Waals surface area contributed by atoms with Crippen molar-refractivity contribution < 1.29 is 4.74 Å². The molecule has 98 valence electrons. The van der Waals surface area contributed by atoms with E-state index in [9.17, 15) is 0 Å². The van der Waals surface area contributed by atoms with Gasteiger partial charge in [-0.2, -0.15) is 0 Å². The fourth-order valence-corrected chi connectivity index (χ4v) is 3.17. The number of halogens is 2. The third-order valence-corrected chi connectivity index (χ3v) is 4.62. The number of nitrogens with two attached hydrogens (primary N) is 1. The first-order valence-corrected chi connectivity index (χ1v) is 7.51. The van der Waals surface area contributed by atoms with E-state index < -0.39 is 0 Å². The van der Waals surface area contributed by atoms with Crippen LogP contribution in [0.15, 0.2) is 36.4 Å². The molecule has 0 radical (unpaired) electrons. The minimum atomic E-state index is -0.156. The first-order chi connectivity index (χ1) is 9.15. The lowest BCUT2D eigenvalue weighted by Crippen LogP contribution is -2.13. The van der Waals surface area contributed by atoms with E-state index in [4.69, 9.17) is 22.1 Å². The van der Waals surface area contributed by atoms with Crippen LogP contribution in [0, 0.1) is 3.57 Å². The van der Waals surface area contributed by atoms with E-state index in [1.54, 1.807) is 0 Å². The molecule has 0 fully saturated rings. The number of ether oxygens (including phenoxy) is 1. The first-order valence-electron chi connectivity index (χ1n) is 6.05. The zero-order chi connectivity index (χ0) is 13.4. The summed E-state index contributed by atoms with van der Waals surface area (Å²) in [4.78, 5) is 0. The summed E-state index contributed by atoms with van der Waals surface area (Å²) in [7, 11) is 0. The van der Waals surface area contributed by atoms with Crippen molar-refractivity contribution in [1.29, 1.82) is 0 Å². The lowest BCUT2D eigenvalue weighted by Gasteiger charge is -2.16. The molecule has 0 spiro atoms. The van der Waals surface area contributed by atoms with Gasteiger partial charge >= 0.3 is 0 Å². The zero-order valence-corrected chi connectivity index (χ0v) is 13.1. The smallest absolute Gasteiger partial charge is 0.0725 e. The van der Waals surface area contributed by atoms with Crippen LogP contribution in [0.1, 0.15) is 28.3 Å². The van der Waals surface area contributed by atoms with Crippen molar-refractivity contribution in [2.75, 3.05) is 0 Å². The van der Waals surface area contributed by atoms with Crippen LogP contribution in [0.4, 0.5) is 0 Å². The van der Waals surface area contributed by atoms with Crippen molar-refractivity contribution >= 4 is 34.2 Å². The Morgan fingerprint density at radius 1 is 1.11 bits per heavy atom. The van der Waals surface area contributed by atoms with Crippen LogP contribution in [-0.2, 0) is 18.0 Å². The molecule has 1 aliphatic rings. The second-order valence-corrected chi connectivity index (χ2v) is 6.26. The topological polar surface area (TPSA) is 35.2 Å². The molecule has 0 aromatic heterocycles. The second-order valence-electron chi connectivity index (χ2n) is 4.66. The summed E-state index contributed by atoms with van der Waals surface area (Å²) in [5.74, 6) is 0. The summed E-state index contributed by atoms with van der Waals surface area (Å²) in [6.45, 7) is 1.39. The predicted octanol–water partition coefficient (Wildman–Crippen LogP) is 4.02. The highest BCUT2D eigenvalue weighted by molar-refractivity contribution is 14.1. The maximum absolute atomic E-state index is 6.38. The second kappa shape index (κ2) is 5.40. The highest BCUT2D eigenvalue weighted by atomic mass is 127. The monoisotopic (exact) mass is 385 g/mol. The average molecular weight is 386 g/mol. The maximum atomic E-state index is 6.38. The molecule has 0 aliphatic carbocycles. The third kappa shape index (κ3) is 2.65. The fourth-order valence-electron chi connectivity index (χ4n) is 2.32. The Balaban J connectivity index is 1.99. The summed E-state index contributed by atoms with van der Waals surface area (Å²) in [5.41, 5.74) is 11.0. The van der Waals surface area contributed by atoms with Crippen molar-refractivity contribution in [2.45, 2.75) is 19.3 Å². The number of benzene rings is 2. The summed E-state index contributed by atoms with van der Waals surface area (Å²) in [5, 5.41) is 0.718. The highest BCUT2D eigenvalue weighted by Gasteiger charge is 2.17. The molecule has 3 rings (SSSR count). The van der Waals surface area contributed by atoms with E-state index in [0.29, 0.717) is 13.2 Å². The van der Waals surface area contributed by atoms with Crippen LogP contribution < -0.4 is 5.73 Å². The average Bonchev–Trinajstić information content (AvgIpc) is 2.88. The Bertz CT molecular complexity index is 630. The van der Waals surface area contributed by atoms with Crippen molar-refractivity contribution in [3.8, 4) is 0 Å². The minimum Gasteiger partial charge on any atom is -0.372 e. The summed E-state index contributed by atoms with van der Waals surface area (Å²) < 4.78 is 6.57. The Morgan fingerprint density at radius 2 is 1.89 bits per heavy atom. The van der Waals surface area contributed by atoms with Crippen LogP contribution in [0.5, 0.6) is 0 Å². The van der Waals surface area contributed by atoms with Gasteiger partial charge in [-0.15, -0.1) is 0 Å². The van der Waals surface area contributed by atoms with Gasteiger partial charge in [-0.1, -0.05) is 29.8 Å². The van der Waals surface area contributed by atoms with Gasteiger partial charge in [0.2, 0.25) is 0 Å². The van der Waals surface area contributed by atoms with Crippen LogP contribution >= 0.6 is 34.2 Å². The lowest BCUT2D eigenvalue weighted by atomic mass is 9.96. The number of fused-ring (bicyclic) bond motifs is 1. The quantitative estimate of drug-likeness (QED) is 0.793. The Morgan fingerprint density at radius 3 is 2.74 bits per heavy atom. The van der Waals surface area contributed by atoms with Crippen LogP contribution in [0.25, 0.3) is 0 Å². The molecule has 1 atom stereocenters. The van der Waals surface area contributed by atoms with Gasteiger partial charge in [0, 0.05) is 8.59 Å². The molecule has 1 unspecified atom stereocenters. The highest BCUT2D eigenvalue weighted by Crippen LogP contribution is 2.29. The van der Waals surface area contributed by atoms with Crippen molar-refractivity contribution in [2.24, 2.45) is 5.73 Å². The van der Waals surface area contributed by atoms with E-state index in [2.05, 4.69) is 40.8 Å². The van der Waals surface area contributed by atoms with Crippen molar-refractivity contribution in [3.05, 3.63) is 67.2 Å². The molecule has 1 aliphatic heterocycles. The van der Waals surface area contributed by atoms with Crippen LogP contribution in [0.2, 0.25) is 5.02 Å². The van der Waals surface area contributed by atoms with Crippen LogP contribution in [0.3, 0.4) is 0 Å². The van der Waals surface area contributed by atoms with Gasteiger partial charge in [0.1, 0.15) is 0 Å². The largest absolute Gasteiger partial charge is 0.372 e. The Kier molecular flexibility index (Phi) is 3.80. The molecular weight excluding hydrogens is 373 g/mol. The SMILES string of the molecule is NC(c1ccc2c(c1)COC2)c1cc(Cl)ccc1I. The molecule has 2 N–H and O–H groups in total. The normalized spacial score (nSPS) is 15.3. The molecule has 19 heavy (non-hydrogen) atoms. The number of rotatable bonds is 2. The molecule has 2 aromatic carbocycles. The van der Waals surface area contributed by atoms with Gasteiger partial charge in [0.05, 0.1) is 19.3 Å². The fraction of sp³-hybridized carbons (Fsp3) is 0.200. The van der Waals surface area contributed by atoms with E-state index in [0.717, 1.165) is 19.7 Å². The molecule has 1 heterocycles. The molecule has 2 nitrogen and oxygen atoms in total. The minimum absolute atomic E-state index is 0.156. The van der Waals surface area contributed by atoms with E-state index >= 15 is 0 Å². The van der Waals surface area contributed by atoms with Crippen LogP contribution in [-0.4, -0.2) is 0 Å². The van der Waals surface area contributed by atoms with Gasteiger partial charge in [-0.25, -0.2) is 0 Å². The lowest BCUT2D eigenvalue weighted by molar-refractivity contribution is 0.134. The van der Waals surface area contributed by atoms with E-state index in [1.807, 2.05) is 18.2 Å². The molecule has 4 heteroatoms. The van der Waals surface area contributed by atoms with Crippen molar-refractivity contribution in [1.82, 2.24) is 0 Å². The number of hydrogen-bond acceptors (Lipinski definition) is 2. The summed E-state index contributed by atoms with van der Waals surface area (Å²) in [6, 6.07) is 12.0. The van der Waals surface area contributed by atoms with Gasteiger partial charge in [0.25, 0.3) is 0 Å². The molecular formula is C15H13ClINO. The van der Waals surface area contributed by atoms with E-state index in [-0.39, 0.29) is 6.04 Å². The molecule has 0 saturated heterocycles. The standard InChI is InChI=1S/C15H13ClINO/c16-12-3-4-14(17)13(6-12)15(18)9-1-2-10-7-19-8-11(10)5-9/h1-6,15H,7-8,18H2. The third-order valence-electron chi connectivity index (χ3n) is 3.40. The van der Waals surface area contributed by atoms with Crippen molar-refractivity contribution in [3.63, 3.8) is 0 Å². The maximum Gasteiger partial charge on any atom is 0.0725 e. The zero-order valence-electron chi connectivity index (χ0n) is 10.2. The number of hydrogen-bond donors (Lipinski definition) is 1. The first kappa shape index (κ1) is 13.4.